The molecule has 0 saturated carbocycles. The van der Waals surface area contributed by atoms with E-state index in [0.29, 0.717) is 5.56 Å². The van der Waals surface area contributed by atoms with Crippen LogP contribution in [0.3, 0.4) is 0 Å². The van der Waals surface area contributed by atoms with Crippen molar-refractivity contribution in [3.8, 4) is 5.75 Å². The molecule has 0 aliphatic rings. The number of alkyl halides is 3. The van der Waals surface area contributed by atoms with Gasteiger partial charge in [-0.15, -0.1) is 13.2 Å². The Bertz CT molecular complexity index is 417. The standard InChI is InChI=1S/C12H14F3NO3/c1-8(7-17)16-11(18)6-9-2-4-10(5-3-9)19-12(13,14)15/h2-5,8,17H,6-7H2,1H3,(H,16,18). The molecule has 0 heterocycles. The van der Waals surface area contributed by atoms with Gasteiger partial charge >= 0.3 is 6.36 Å². The van der Waals surface area contributed by atoms with Crippen molar-refractivity contribution in [2.75, 3.05) is 6.61 Å². The Balaban J connectivity index is 2.55. The number of hydrogen-bond donors (Lipinski definition) is 2. The Morgan fingerprint density at radius 2 is 1.95 bits per heavy atom. The molecule has 1 aromatic rings. The minimum absolute atomic E-state index is 0.0244. The lowest BCUT2D eigenvalue weighted by Crippen LogP contribution is -2.35. The van der Waals surface area contributed by atoms with Crippen LogP contribution in [0.5, 0.6) is 5.75 Å². The fourth-order valence-corrected chi connectivity index (χ4v) is 1.37. The van der Waals surface area contributed by atoms with Crippen LogP contribution in [0.25, 0.3) is 0 Å². The number of rotatable bonds is 5. The molecule has 0 fully saturated rings. The summed E-state index contributed by atoms with van der Waals surface area (Å²) in [4.78, 5) is 11.5. The van der Waals surface area contributed by atoms with Gasteiger partial charge in [-0.3, -0.25) is 4.79 Å². The summed E-state index contributed by atoms with van der Waals surface area (Å²) < 4.78 is 39.5. The van der Waals surface area contributed by atoms with E-state index in [1.807, 2.05) is 0 Å². The first-order valence-corrected chi connectivity index (χ1v) is 5.55. The Morgan fingerprint density at radius 1 is 1.37 bits per heavy atom. The molecule has 1 amide bonds. The molecule has 4 nitrogen and oxygen atoms in total. The second-order valence-corrected chi connectivity index (χ2v) is 4.02. The zero-order chi connectivity index (χ0) is 14.5. The number of amides is 1. The molecular formula is C12H14F3NO3. The predicted octanol–water partition coefficient (Wildman–Crippen LogP) is 1.62. The number of benzene rings is 1. The summed E-state index contributed by atoms with van der Waals surface area (Å²) in [6.45, 7) is 1.46. The summed E-state index contributed by atoms with van der Waals surface area (Å²) in [5.74, 6) is -0.647. The van der Waals surface area contributed by atoms with E-state index in [1.54, 1.807) is 6.92 Å². The number of carbonyl (C=O) groups excluding carboxylic acids is 1. The molecule has 0 aromatic heterocycles. The second kappa shape index (κ2) is 6.42. The SMILES string of the molecule is CC(CO)NC(=O)Cc1ccc(OC(F)(F)F)cc1. The molecule has 106 valence electrons. The summed E-state index contributed by atoms with van der Waals surface area (Å²) in [5.41, 5.74) is 0.553. The number of halogens is 3. The molecule has 1 aromatic carbocycles. The molecule has 1 unspecified atom stereocenters. The van der Waals surface area contributed by atoms with Crippen molar-refractivity contribution in [2.45, 2.75) is 25.7 Å². The van der Waals surface area contributed by atoms with Crippen molar-refractivity contribution in [2.24, 2.45) is 0 Å². The van der Waals surface area contributed by atoms with Crippen LogP contribution in [-0.4, -0.2) is 30.0 Å². The van der Waals surface area contributed by atoms with E-state index < -0.39 is 6.36 Å². The van der Waals surface area contributed by atoms with Crippen molar-refractivity contribution >= 4 is 5.91 Å². The first-order valence-electron chi connectivity index (χ1n) is 5.55. The summed E-state index contributed by atoms with van der Waals surface area (Å²) in [7, 11) is 0. The first kappa shape index (κ1) is 15.3. The Morgan fingerprint density at radius 3 is 2.42 bits per heavy atom. The third-order valence-corrected chi connectivity index (χ3v) is 2.20. The van der Waals surface area contributed by atoms with Gasteiger partial charge in [0.25, 0.3) is 0 Å². The number of hydrogen-bond acceptors (Lipinski definition) is 3. The van der Waals surface area contributed by atoms with Gasteiger partial charge in [0, 0.05) is 6.04 Å². The van der Waals surface area contributed by atoms with Gasteiger partial charge in [0.15, 0.2) is 0 Å². The first-order chi connectivity index (χ1) is 8.80. The van der Waals surface area contributed by atoms with E-state index >= 15 is 0 Å². The van der Waals surface area contributed by atoms with Crippen LogP contribution in [-0.2, 0) is 11.2 Å². The van der Waals surface area contributed by atoms with Crippen LogP contribution >= 0.6 is 0 Å². The van der Waals surface area contributed by atoms with Crippen LogP contribution in [0.4, 0.5) is 13.2 Å². The molecule has 0 bridgehead atoms. The normalized spacial score (nSPS) is 12.9. The fraction of sp³-hybridized carbons (Fsp3) is 0.417. The lowest BCUT2D eigenvalue weighted by Gasteiger charge is -2.11. The summed E-state index contributed by atoms with van der Waals surface area (Å²) in [6, 6.07) is 4.69. The zero-order valence-corrected chi connectivity index (χ0v) is 10.2. The van der Waals surface area contributed by atoms with E-state index in [2.05, 4.69) is 10.1 Å². The molecule has 1 atom stereocenters. The van der Waals surface area contributed by atoms with Gasteiger partial charge in [-0.2, -0.15) is 0 Å². The Hall–Kier alpha value is -1.76. The molecular weight excluding hydrogens is 263 g/mol. The third-order valence-electron chi connectivity index (χ3n) is 2.20. The minimum atomic E-state index is -4.73. The van der Waals surface area contributed by atoms with Crippen molar-refractivity contribution in [3.05, 3.63) is 29.8 Å². The quantitative estimate of drug-likeness (QED) is 0.860. The second-order valence-electron chi connectivity index (χ2n) is 4.02. The van der Waals surface area contributed by atoms with Gasteiger partial charge in [0.1, 0.15) is 5.75 Å². The molecule has 19 heavy (non-hydrogen) atoms. The van der Waals surface area contributed by atoms with Gasteiger partial charge in [-0.25, -0.2) is 0 Å². The van der Waals surface area contributed by atoms with Crippen LogP contribution in [0.1, 0.15) is 12.5 Å². The number of ether oxygens (including phenoxy) is 1. The average molecular weight is 277 g/mol. The molecule has 1 rings (SSSR count). The van der Waals surface area contributed by atoms with E-state index in [9.17, 15) is 18.0 Å². The van der Waals surface area contributed by atoms with Gasteiger partial charge in [0.2, 0.25) is 5.91 Å². The summed E-state index contributed by atoms with van der Waals surface area (Å²) >= 11 is 0. The molecule has 0 saturated heterocycles. The van der Waals surface area contributed by atoms with E-state index in [0.717, 1.165) is 12.1 Å². The number of nitrogens with one attached hydrogen (secondary N) is 1. The molecule has 2 N–H and O–H groups in total. The maximum Gasteiger partial charge on any atom is 0.573 e. The van der Waals surface area contributed by atoms with Gasteiger partial charge in [-0.1, -0.05) is 12.1 Å². The van der Waals surface area contributed by atoms with Crippen molar-refractivity contribution < 1.29 is 27.8 Å². The maximum atomic E-state index is 11.9. The highest BCUT2D eigenvalue weighted by Crippen LogP contribution is 2.22. The smallest absolute Gasteiger partial charge is 0.406 e. The summed E-state index contributed by atoms with van der Waals surface area (Å²) in [5, 5.41) is 11.3. The van der Waals surface area contributed by atoms with Gasteiger partial charge < -0.3 is 15.2 Å². The number of carbonyl (C=O) groups is 1. The topological polar surface area (TPSA) is 58.6 Å². The Kier molecular flexibility index (Phi) is 5.17. The maximum absolute atomic E-state index is 11.9. The van der Waals surface area contributed by atoms with Crippen LogP contribution in [0.2, 0.25) is 0 Å². The zero-order valence-electron chi connectivity index (χ0n) is 10.2. The highest BCUT2D eigenvalue weighted by atomic mass is 19.4. The minimum Gasteiger partial charge on any atom is -0.406 e. The van der Waals surface area contributed by atoms with E-state index in [4.69, 9.17) is 5.11 Å². The summed E-state index contributed by atoms with van der Waals surface area (Å²) in [6.07, 6.45) is -4.70. The Labute approximate surface area is 108 Å². The lowest BCUT2D eigenvalue weighted by atomic mass is 10.1. The molecule has 0 radical (unpaired) electrons. The van der Waals surface area contributed by atoms with E-state index in [1.165, 1.54) is 12.1 Å². The highest BCUT2D eigenvalue weighted by molar-refractivity contribution is 5.78. The highest BCUT2D eigenvalue weighted by Gasteiger charge is 2.30. The van der Waals surface area contributed by atoms with Crippen LogP contribution in [0.15, 0.2) is 24.3 Å². The average Bonchev–Trinajstić information content (AvgIpc) is 2.29. The molecule has 0 spiro atoms. The molecule has 7 heteroatoms. The lowest BCUT2D eigenvalue weighted by molar-refractivity contribution is -0.274. The molecule has 0 aliphatic heterocycles. The number of aliphatic hydroxyl groups is 1. The van der Waals surface area contributed by atoms with Gasteiger partial charge in [-0.05, 0) is 24.6 Å². The van der Waals surface area contributed by atoms with Gasteiger partial charge in [0.05, 0.1) is 13.0 Å². The van der Waals surface area contributed by atoms with Crippen molar-refractivity contribution in [3.63, 3.8) is 0 Å². The predicted molar refractivity (Wildman–Crippen MR) is 61.5 cm³/mol. The van der Waals surface area contributed by atoms with Crippen molar-refractivity contribution in [1.82, 2.24) is 5.32 Å². The van der Waals surface area contributed by atoms with E-state index in [-0.39, 0.29) is 30.7 Å². The fourth-order valence-electron chi connectivity index (χ4n) is 1.37. The third kappa shape index (κ3) is 6.10. The van der Waals surface area contributed by atoms with Crippen molar-refractivity contribution in [1.29, 1.82) is 0 Å². The monoisotopic (exact) mass is 277 g/mol. The van der Waals surface area contributed by atoms with Crippen LogP contribution < -0.4 is 10.1 Å². The van der Waals surface area contributed by atoms with Crippen LogP contribution in [0, 0.1) is 0 Å². The molecule has 0 aliphatic carbocycles. The number of aliphatic hydroxyl groups excluding tert-OH is 1. The largest absolute Gasteiger partial charge is 0.573 e.